The van der Waals surface area contributed by atoms with E-state index >= 15 is 0 Å². The van der Waals surface area contributed by atoms with E-state index in [1.807, 2.05) is 6.07 Å². The topological polar surface area (TPSA) is 49.6 Å². The highest BCUT2D eigenvalue weighted by Gasteiger charge is 2.36. The maximum atomic E-state index is 8.73. The lowest BCUT2D eigenvalue weighted by atomic mass is 9.63. The third kappa shape index (κ3) is 3.03. The van der Waals surface area contributed by atoms with Crippen molar-refractivity contribution in [1.82, 2.24) is 9.97 Å². The van der Waals surface area contributed by atoms with Crippen molar-refractivity contribution in [1.29, 1.82) is 5.26 Å². The molecule has 0 spiro atoms. The third-order valence-electron chi connectivity index (χ3n) is 4.96. The summed E-state index contributed by atoms with van der Waals surface area (Å²) in [7, 11) is 0. The van der Waals surface area contributed by atoms with Gasteiger partial charge in [0.15, 0.2) is 0 Å². The van der Waals surface area contributed by atoms with Gasteiger partial charge >= 0.3 is 0 Å². The Morgan fingerprint density at radius 1 is 0.875 bits per heavy atom. The van der Waals surface area contributed by atoms with Crippen LogP contribution in [0.3, 0.4) is 0 Å². The Morgan fingerprint density at radius 2 is 1.46 bits per heavy atom. The number of nitrogens with zero attached hydrogens (tertiary/aromatic N) is 3. The summed E-state index contributed by atoms with van der Waals surface area (Å²) in [6.45, 7) is 9.26. The zero-order valence-corrected chi connectivity index (χ0v) is 14.6. The lowest BCUT2D eigenvalue weighted by molar-refractivity contribution is 0.332. The minimum atomic E-state index is 0.165. The van der Waals surface area contributed by atoms with Crippen molar-refractivity contribution in [3.8, 4) is 17.9 Å². The molecule has 0 fully saturated rings. The van der Waals surface area contributed by atoms with Crippen molar-refractivity contribution in [2.24, 2.45) is 0 Å². The summed E-state index contributed by atoms with van der Waals surface area (Å²) >= 11 is 0. The minimum absolute atomic E-state index is 0.165. The zero-order chi connectivity index (χ0) is 17.4. The molecule has 3 heteroatoms. The highest BCUT2D eigenvalue weighted by molar-refractivity contribution is 5.49. The van der Waals surface area contributed by atoms with E-state index in [1.54, 1.807) is 12.4 Å². The summed E-state index contributed by atoms with van der Waals surface area (Å²) in [5, 5.41) is 8.73. The minimum Gasteiger partial charge on any atom is -0.226 e. The van der Waals surface area contributed by atoms with Gasteiger partial charge in [-0.25, -0.2) is 9.97 Å². The fourth-order valence-corrected chi connectivity index (χ4v) is 3.26. The zero-order valence-electron chi connectivity index (χ0n) is 14.6. The van der Waals surface area contributed by atoms with Crippen LogP contribution in [-0.4, -0.2) is 9.97 Å². The Kier molecular flexibility index (Phi) is 3.90. The molecular weight excluding hydrogens is 294 g/mol. The average molecular weight is 315 g/mol. The molecule has 0 radical (unpaired) electrons. The second-order valence-electron chi connectivity index (χ2n) is 7.69. The van der Waals surface area contributed by atoms with Crippen molar-refractivity contribution < 1.29 is 0 Å². The first kappa shape index (κ1) is 16.2. The molecular formula is C21H21N3. The number of benzene rings is 1. The van der Waals surface area contributed by atoms with Crippen LogP contribution in [0.15, 0.2) is 30.6 Å². The van der Waals surface area contributed by atoms with Gasteiger partial charge < -0.3 is 0 Å². The highest BCUT2D eigenvalue weighted by atomic mass is 14.9. The van der Waals surface area contributed by atoms with Gasteiger partial charge in [0.1, 0.15) is 6.07 Å². The molecule has 2 aromatic rings. The Hall–Kier alpha value is -2.65. The number of fused-ring (bicyclic) bond motifs is 1. The molecule has 0 bridgehead atoms. The molecule has 0 amide bonds. The first-order valence-corrected chi connectivity index (χ1v) is 8.21. The fraction of sp³-hybridized carbons (Fsp3) is 0.381. The third-order valence-corrected chi connectivity index (χ3v) is 4.96. The SMILES string of the molecule is CC1(C)CCC(C)(C)c2cc(C#Cc3cnc(C#N)nc3)ccc21. The molecule has 3 rings (SSSR count). The first-order valence-electron chi connectivity index (χ1n) is 8.21. The van der Waals surface area contributed by atoms with E-state index in [0.717, 1.165) is 5.56 Å². The van der Waals surface area contributed by atoms with Gasteiger partial charge in [0.25, 0.3) is 0 Å². The van der Waals surface area contributed by atoms with Crippen LogP contribution in [0.4, 0.5) is 0 Å². The molecule has 0 saturated carbocycles. The molecule has 1 aromatic heterocycles. The fourth-order valence-electron chi connectivity index (χ4n) is 3.26. The van der Waals surface area contributed by atoms with E-state index in [9.17, 15) is 0 Å². The Labute approximate surface area is 143 Å². The van der Waals surface area contributed by atoms with Crippen molar-refractivity contribution in [2.75, 3.05) is 0 Å². The summed E-state index contributed by atoms with van der Waals surface area (Å²) in [4.78, 5) is 7.89. The van der Waals surface area contributed by atoms with Crippen LogP contribution in [0.2, 0.25) is 0 Å². The van der Waals surface area contributed by atoms with Crippen molar-refractivity contribution in [3.63, 3.8) is 0 Å². The van der Waals surface area contributed by atoms with Gasteiger partial charge in [0, 0.05) is 18.0 Å². The van der Waals surface area contributed by atoms with E-state index in [1.165, 1.54) is 24.0 Å². The van der Waals surface area contributed by atoms with Crippen molar-refractivity contribution in [2.45, 2.75) is 51.4 Å². The van der Waals surface area contributed by atoms with Crippen molar-refractivity contribution >= 4 is 0 Å². The smallest absolute Gasteiger partial charge is 0.226 e. The standard InChI is InChI=1S/C21H21N3/c1-20(2)9-10-21(3,4)18-11-15(7-8-17(18)20)5-6-16-13-23-19(12-22)24-14-16/h7-8,11,13-14H,9-10H2,1-4H3. The normalized spacial score (nSPS) is 17.1. The molecule has 0 unspecified atom stereocenters. The predicted molar refractivity (Wildman–Crippen MR) is 94.5 cm³/mol. The molecule has 0 N–H and O–H groups in total. The molecule has 24 heavy (non-hydrogen) atoms. The first-order chi connectivity index (χ1) is 11.3. The number of hydrogen-bond acceptors (Lipinski definition) is 3. The van der Waals surface area contributed by atoms with E-state index in [0.29, 0.717) is 5.56 Å². The largest absolute Gasteiger partial charge is 0.232 e. The predicted octanol–water partition coefficient (Wildman–Crippen LogP) is 4.10. The molecule has 1 heterocycles. The molecule has 120 valence electrons. The summed E-state index contributed by atoms with van der Waals surface area (Å²) in [6, 6.07) is 8.47. The molecule has 1 aromatic carbocycles. The maximum Gasteiger partial charge on any atom is 0.232 e. The Balaban J connectivity index is 1.97. The van der Waals surface area contributed by atoms with Gasteiger partial charge in [-0.3, -0.25) is 0 Å². The van der Waals surface area contributed by atoms with Gasteiger partial charge in [-0.2, -0.15) is 5.26 Å². The summed E-state index contributed by atoms with van der Waals surface area (Å²) in [5.41, 5.74) is 4.96. The molecule has 1 aliphatic carbocycles. The molecule has 3 nitrogen and oxygen atoms in total. The van der Waals surface area contributed by atoms with Crippen LogP contribution in [0.5, 0.6) is 0 Å². The van der Waals surface area contributed by atoms with Crippen LogP contribution in [-0.2, 0) is 10.8 Å². The quantitative estimate of drug-likeness (QED) is 0.688. The van der Waals surface area contributed by atoms with Gasteiger partial charge in [-0.15, -0.1) is 0 Å². The van der Waals surface area contributed by atoms with E-state index in [4.69, 9.17) is 5.26 Å². The summed E-state index contributed by atoms with van der Waals surface area (Å²) in [6.07, 6.45) is 5.57. The van der Waals surface area contributed by atoms with Crippen LogP contribution in [0, 0.1) is 23.2 Å². The van der Waals surface area contributed by atoms with Gasteiger partial charge in [-0.05, 0) is 46.9 Å². The highest BCUT2D eigenvalue weighted by Crippen LogP contribution is 2.45. The van der Waals surface area contributed by atoms with Gasteiger partial charge in [0.2, 0.25) is 5.82 Å². The maximum absolute atomic E-state index is 8.73. The van der Waals surface area contributed by atoms with E-state index < -0.39 is 0 Å². The van der Waals surface area contributed by atoms with E-state index in [2.05, 4.69) is 67.7 Å². The van der Waals surface area contributed by atoms with Crippen LogP contribution in [0.25, 0.3) is 0 Å². The second-order valence-corrected chi connectivity index (χ2v) is 7.69. The lowest BCUT2D eigenvalue weighted by Crippen LogP contribution is -2.33. The van der Waals surface area contributed by atoms with E-state index in [-0.39, 0.29) is 16.7 Å². The molecule has 0 saturated heterocycles. The molecule has 0 atom stereocenters. The van der Waals surface area contributed by atoms with Gasteiger partial charge in [-0.1, -0.05) is 45.6 Å². The second kappa shape index (κ2) is 5.77. The molecule has 1 aliphatic rings. The number of rotatable bonds is 0. The monoisotopic (exact) mass is 315 g/mol. The number of nitriles is 1. The number of aromatic nitrogens is 2. The summed E-state index contributed by atoms with van der Waals surface area (Å²) in [5.74, 6) is 6.45. The Bertz CT molecular complexity index is 872. The molecule has 0 aliphatic heterocycles. The lowest BCUT2D eigenvalue weighted by Gasteiger charge is -2.41. The average Bonchev–Trinajstić information content (AvgIpc) is 2.58. The van der Waals surface area contributed by atoms with Crippen LogP contribution >= 0.6 is 0 Å². The number of hydrogen-bond donors (Lipinski definition) is 0. The van der Waals surface area contributed by atoms with Gasteiger partial charge in [0.05, 0.1) is 5.56 Å². The van der Waals surface area contributed by atoms with Crippen LogP contribution in [0.1, 0.15) is 68.6 Å². The van der Waals surface area contributed by atoms with Crippen molar-refractivity contribution in [3.05, 3.63) is 58.7 Å². The Morgan fingerprint density at radius 3 is 2.08 bits per heavy atom. The summed E-state index contributed by atoms with van der Waals surface area (Å²) < 4.78 is 0. The van der Waals surface area contributed by atoms with Crippen LogP contribution < -0.4 is 0 Å².